The lowest BCUT2D eigenvalue weighted by Crippen LogP contribution is -2.67. The van der Waals surface area contributed by atoms with Gasteiger partial charge in [0.05, 0.1) is 0 Å². The summed E-state index contributed by atoms with van der Waals surface area (Å²) >= 11 is 0. The summed E-state index contributed by atoms with van der Waals surface area (Å²) < 4.78 is 0. The van der Waals surface area contributed by atoms with E-state index in [4.69, 9.17) is 0 Å². The molecule has 0 aromatic heterocycles. The highest BCUT2D eigenvalue weighted by Gasteiger charge is 2.60. The zero-order chi connectivity index (χ0) is 12.4. The predicted molar refractivity (Wildman–Crippen MR) is 48.0 cm³/mol. The van der Waals surface area contributed by atoms with Crippen LogP contribution < -0.4 is 0 Å². The van der Waals surface area contributed by atoms with Gasteiger partial charge in [-0.25, -0.2) is 0 Å². The smallest absolute Gasteiger partial charge is 0.223 e. The topological polar surface area (TPSA) is 109 Å². The van der Waals surface area contributed by atoms with Crippen LogP contribution in [0.4, 0.5) is 0 Å². The van der Waals surface area contributed by atoms with Gasteiger partial charge in [-0.3, -0.25) is 19.2 Å². The molecule has 1 atom stereocenters. The van der Waals surface area contributed by atoms with E-state index in [9.17, 15) is 29.4 Å². The summed E-state index contributed by atoms with van der Waals surface area (Å²) in [6.45, 7) is 2.41. The summed E-state index contributed by atoms with van der Waals surface area (Å²) in [5.74, 6) is -3.51. The number of hydrogen-bond donors (Lipinski definition) is 2. The maximum absolute atomic E-state index is 11.1. The van der Waals surface area contributed by atoms with E-state index in [2.05, 4.69) is 0 Å². The maximum atomic E-state index is 11.1. The van der Waals surface area contributed by atoms with Crippen LogP contribution in [0, 0.1) is 0 Å². The van der Waals surface area contributed by atoms with Gasteiger partial charge in [0.1, 0.15) is 0 Å². The molecule has 0 heterocycles. The minimum absolute atomic E-state index is 0.307. The Balaban J connectivity index is 5.83. The van der Waals surface area contributed by atoms with Crippen molar-refractivity contribution in [2.75, 3.05) is 0 Å². The van der Waals surface area contributed by atoms with E-state index < -0.39 is 28.6 Å². The highest BCUT2D eigenvalue weighted by molar-refractivity contribution is 6.20. The third-order valence-electron chi connectivity index (χ3n) is 2.28. The van der Waals surface area contributed by atoms with E-state index >= 15 is 0 Å². The van der Waals surface area contributed by atoms with Crippen molar-refractivity contribution < 1.29 is 29.4 Å². The molecule has 0 fully saturated rings. The van der Waals surface area contributed by atoms with Gasteiger partial charge in [0.25, 0.3) is 0 Å². The van der Waals surface area contributed by atoms with Crippen molar-refractivity contribution >= 4 is 23.6 Å². The predicted octanol–water partition coefficient (Wildman–Crippen LogP) is -1.59. The molecule has 1 unspecified atom stereocenters. The molecule has 15 heavy (non-hydrogen) atoms. The van der Waals surface area contributed by atoms with Gasteiger partial charge >= 0.3 is 0 Å². The first-order valence-electron chi connectivity index (χ1n) is 4.08. The lowest BCUT2D eigenvalue weighted by molar-refractivity contribution is -0.183. The molecule has 0 spiro atoms. The largest absolute Gasteiger partial charge is 0.372 e. The molecule has 2 N–H and O–H groups in total. The van der Waals surface area contributed by atoms with Gasteiger partial charge in [0.2, 0.25) is 11.2 Å². The van der Waals surface area contributed by atoms with Gasteiger partial charge in [-0.15, -0.1) is 0 Å². The van der Waals surface area contributed by atoms with Crippen molar-refractivity contribution in [1.29, 1.82) is 0 Å². The highest BCUT2D eigenvalue weighted by atomic mass is 16.4. The summed E-state index contributed by atoms with van der Waals surface area (Å²) in [6, 6.07) is 0. The van der Waals surface area contributed by atoms with Crippen LogP contribution >= 0.6 is 0 Å². The Kier molecular flexibility index (Phi) is 3.62. The zero-order valence-electron chi connectivity index (χ0n) is 8.60. The van der Waals surface area contributed by atoms with E-state index in [-0.39, 0.29) is 6.29 Å². The number of aliphatic hydroxyl groups is 2. The van der Waals surface area contributed by atoms with Crippen LogP contribution in [0.15, 0.2) is 0 Å². The fraction of sp³-hybridized carbons (Fsp3) is 0.556. The normalized spacial score (nSPS) is 15.3. The second-order valence-electron chi connectivity index (χ2n) is 3.26. The lowest BCUT2D eigenvalue weighted by atomic mass is 9.76. The molecule has 0 aromatic carbocycles. The molecule has 84 valence electrons. The summed E-state index contributed by atoms with van der Waals surface area (Å²) in [4.78, 5) is 43.7. The number of rotatable bonds is 5. The van der Waals surface area contributed by atoms with E-state index in [0.29, 0.717) is 0 Å². The number of carbonyl (C=O) groups is 4. The second-order valence-corrected chi connectivity index (χ2v) is 3.26. The van der Waals surface area contributed by atoms with Crippen molar-refractivity contribution in [3.63, 3.8) is 0 Å². The Morgan fingerprint density at radius 1 is 0.933 bits per heavy atom. The molecule has 6 nitrogen and oxygen atoms in total. The van der Waals surface area contributed by atoms with E-state index in [1.54, 1.807) is 0 Å². The average Bonchev–Trinajstić information content (AvgIpc) is 2.13. The molecule has 0 amide bonds. The average molecular weight is 216 g/mol. The molecular weight excluding hydrogens is 204 g/mol. The molecule has 0 saturated heterocycles. The van der Waals surface area contributed by atoms with Gasteiger partial charge in [-0.2, -0.15) is 0 Å². The fourth-order valence-corrected chi connectivity index (χ4v) is 1.21. The van der Waals surface area contributed by atoms with Gasteiger partial charge in [0, 0.05) is 0 Å². The molecule has 0 rings (SSSR count). The lowest BCUT2D eigenvalue weighted by Gasteiger charge is -2.33. The first-order valence-corrected chi connectivity index (χ1v) is 4.08. The molecule has 0 aliphatic carbocycles. The van der Waals surface area contributed by atoms with Crippen LogP contribution in [0.3, 0.4) is 0 Å². The quantitative estimate of drug-likeness (QED) is 0.424. The van der Waals surface area contributed by atoms with Crippen LogP contribution in [-0.2, 0) is 19.2 Å². The third kappa shape index (κ3) is 1.73. The van der Waals surface area contributed by atoms with E-state index in [1.807, 2.05) is 0 Å². The minimum Gasteiger partial charge on any atom is -0.372 e. The Labute approximate surface area is 85.9 Å². The Hall–Kier alpha value is -1.40. The van der Waals surface area contributed by atoms with E-state index in [1.165, 1.54) is 0 Å². The Morgan fingerprint density at radius 2 is 1.27 bits per heavy atom. The van der Waals surface area contributed by atoms with Gasteiger partial charge in [0.15, 0.2) is 23.6 Å². The van der Waals surface area contributed by atoms with Gasteiger partial charge < -0.3 is 10.2 Å². The van der Waals surface area contributed by atoms with Crippen molar-refractivity contribution in [3.05, 3.63) is 0 Å². The molecule has 6 heteroatoms. The summed E-state index contributed by atoms with van der Waals surface area (Å²) in [6.07, 6.45) is -0.307. The Bertz CT molecular complexity index is 317. The van der Waals surface area contributed by atoms with Gasteiger partial charge in [-0.05, 0) is 20.8 Å². The summed E-state index contributed by atoms with van der Waals surface area (Å²) in [5.41, 5.74) is -6.04. The highest BCUT2D eigenvalue weighted by Crippen LogP contribution is 2.24. The first kappa shape index (κ1) is 13.6. The van der Waals surface area contributed by atoms with Crippen LogP contribution in [0.25, 0.3) is 0 Å². The molecule has 0 aliphatic heterocycles. The van der Waals surface area contributed by atoms with Crippen molar-refractivity contribution in [2.24, 2.45) is 0 Å². The number of Topliss-reactive ketones (excluding diaryl/α,β-unsaturated/α-hetero) is 3. The van der Waals surface area contributed by atoms with Crippen molar-refractivity contribution in [2.45, 2.75) is 32.0 Å². The second kappa shape index (κ2) is 4.00. The SMILES string of the molecule is CC(=O)C(O)(C=O)C(O)(C(C)=O)C(C)=O. The first-order chi connectivity index (χ1) is 6.64. The molecule has 0 radical (unpaired) electrons. The number of hydrogen-bond acceptors (Lipinski definition) is 6. The molecule has 0 bridgehead atoms. The monoisotopic (exact) mass is 216 g/mol. The summed E-state index contributed by atoms with van der Waals surface area (Å²) in [5, 5.41) is 19.2. The van der Waals surface area contributed by atoms with Crippen LogP contribution in [0.1, 0.15) is 20.8 Å². The Morgan fingerprint density at radius 3 is 1.33 bits per heavy atom. The van der Waals surface area contributed by atoms with Crippen LogP contribution in [0.5, 0.6) is 0 Å². The maximum Gasteiger partial charge on any atom is 0.223 e. The van der Waals surface area contributed by atoms with Crippen molar-refractivity contribution in [1.82, 2.24) is 0 Å². The molecular formula is C9H12O6. The van der Waals surface area contributed by atoms with Gasteiger partial charge in [-0.1, -0.05) is 0 Å². The van der Waals surface area contributed by atoms with E-state index in [0.717, 1.165) is 20.8 Å². The van der Waals surface area contributed by atoms with Crippen LogP contribution in [0.2, 0.25) is 0 Å². The molecule has 0 aromatic rings. The zero-order valence-corrected chi connectivity index (χ0v) is 8.60. The number of ketones is 3. The number of carbonyl (C=O) groups excluding carboxylic acids is 4. The minimum atomic E-state index is -3.02. The standard InChI is InChI=1S/C9H12O6/c1-5(11)8(14,4-10)9(15,6(2)12)7(3)13/h4,14-15H,1-3H3. The number of aldehydes is 1. The molecule has 0 aliphatic rings. The van der Waals surface area contributed by atoms with Crippen molar-refractivity contribution in [3.8, 4) is 0 Å². The third-order valence-corrected chi connectivity index (χ3v) is 2.28. The van der Waals surface area contributed by atoms with Crippen LogP contribution in [-0.4, -0.2) is 45.1 Å². The molecule has 0 saturated carbocycles. The fourth-order valence-electron chi connectivity index (χ4n) is 1.21. The summed E-state index contributed by atoms with van der Waals surface area (Å²) in [7, 11) is 0.